The Morgan fingerprint density at radius 3 is 2.62 bits per heavy atom. The van der Waals surface area contributed by atoms with Crippen molar-refractivity contribution in [1.82, 2.24) is 15.5 Å². The molecule has 0 bridgehead atoms. The van der Waals surface area contributed by atoms with E-state index in [1.807, 2.05) is 24.9 Å². The molecule has 1 unspecified atom stereocenters. The van der Waals surface area contributed by atoms with Gasteiger partial charge in [-0.1, -0.05) is 24.6 Å². The first kappa shape index (κ1) is 23.4. The van der Waals surface area contributed by atoms with E-state index in [1.165, 1.54) is 24.8 Å². The molecule has 1 aromatic rings. The van der Waals surface area contributed by atoms with Crippen LogP contribution in [0.15, 0.2) is 29.3 Å². The Labute approximate surface area is 179 Å². The Kier molecular flexibility index (Phi) is 12.1. The van der Waals surface area contributed by atoms with Gasteiger partial charge in [0.05, 0.1) is 13.2 Å². The highest BCUT2D eigenvalue weighted by Crippen LogP contribution is 2.30. The highest BCUT2D eigenvalue weighted by molar-refractivity contribution is 14.0. The van der Waals surface area contributed by atoms with Crippen LogP contribution in [0.5, 0.6) is 5.75 Å². The first-order valence-electron chi connectivity index (χ1n) is 9.10. The van der Waals surface area contributed by atoms with E-state index in [9.17, 15) is 0 Å². The van der Waals surface area contributed by atoms with Crippen molar-refractivity contribution >= 4 is 41.7 Å². The zero-order valence-corrected chi connectivity index (χ0v) is 19.3. The van der Waals surface area contributed by atoms with Gasteiger partial charge in [-0.15, -0.1) is 24.0 Å². The molecule has 1 saturated heterocycles. The van der Waals surface area contributed by atoms with Crippen LogP contribution in [0, 0.1) is 0 Å². The Morgan fingerprint density at radius 2 is 1.96 bits per heavy atom. The normalized spacial score (nSPS) is 16.5. The fourth-order valence-corrected chi connectivity index (χ4v) is 3.60. The third-order valence-electron chi connectivity index (χ3n) is 4.61. The highest BCUT2D eigenvalue weighted by atomic mass is 127. The minimum Gasteiger partial charge on any atom is -0.496 e. The number of halogens is 1. The molecule has 2 N–H and O–H groups in total. The Bertz CT molecular complexity index is 538. The number of guanidine groups is 1. The molecule has 0 saturated carbocycles. The second-order valence-corrected chi connectivity index (χ2v) is 7.21. The predicted octanol–water partition coefficient (Wildman–Crippen LogP) is 3.37. The smallest absolute Gasteiger partial charge is 0.191 e. The van der Waals surface area contributed by atoms with Gasteiger partial charge in [-0.25, -0.2) is 0 Å². The Hall–Kier alpha value is -0.670. The van der Waals surface area contributed by atoms with Crippen molar-refractivity contribution in [3.8, 4) is 5.75 Å². The van der Waals surface area contributed by atoms with Crippen molar-refractivity contribution < 1.29 is 4.74 Å². The van der Waals surface area contributed by atoms with Crippen LogP contribution in [0.1, 0.15) is 30.9 Å². The van der Waals surface area contributed by atoms with Gasteiger partial charge in [-0.05, 0) is 38.3 Å². The third kappa shape index (κ3) is 7.15. The van der Waals surface area contributed by atoms with E-state index in [4.69, 9.17) is 4.74 Å². The molecule has 1 fully saturated rings. The quantitative estimate of drug-likeness (QED) is 0.252. The first-order valence-corrected chi connectivity index (χ1v) is 10.5. The van der Waals surface area contributed by atoms with Gasteiger partial charge in [0, 0.05) is 31.5 Å². The standard InChI is InChI=1S/C19H32N4OS.HI/c1-20-19(21-11-14-25-3)22-15-17(23-12-7-4-8-13-23)16-9-5-6-10-18(16)24-2;/h5-6,9-10,17H,4,7-8,11-15H2,1-3H3,(H2,20,21,22);1H. The van der Waals surface area contributed by atoms with Crippen LogP contribution in [0.4, 0.5) is 0 Å². The average Bonchev–Trinajstić information content (AvgIpc) is 2.68. The Morgan fingerprint density at radius 1 is 1.23 bits per heavy atom. The maximum Gasteiger partial charge on any atom is 0.191 e. The molecule has 148 valence electrons. The number of piperidine rings is 1. The van der Waals surface area contributed by atoms with Crippen LogP contribution in [0.25, 0.3) is 0 Å². The molecule has 1 aliphatic rings. The first-order chi connectivity index (χ1) is 12.3. The van der Waals surface area contributed by atoms with E-state index < -0.39 is 0 Å². The molecule has 0 aromatic heterocycles. The lowest BCUT2D eigenvalue weighted by Crippen LogP contribution is -2.45. The lowest BCUT2D eigenvalue weighted by molar-refractivity contribution is 0.161. The molecule has 1 aromatic carbocycles. The van der Waals surface area contributed by atoms with Crippen LogP contribution >= 0.6 is 35.7 Å². The molecule has 7 heteroatoms. The number of thioether (sulfide) groups is 1. The second-order valence-electron chi connectivity index (χ2n) is 6.23. The van der Waals surface area contributed by atoms with Crippen molar-refractivity contribution in [1.29, 1.82) is 0 Å². The van der Waals surface area contributed by atoms with Crippen LogP contribution in [-0.4, -0.2) is 63.2 Å². The van der Waals surface area contributed by atoms with Crippen molar-refractivity contribution in [3.05, 3.63) is 29.8 Å². The molecule has 26 heavy (non-hydrogen) atoms. The molecule has 0 amide bonds. The fourth-order valence-electron chi connectivity index (χ4n) is 3.29. The molecule has 2 rings (SSSR count). The third-order valence-corrected chi connectivity index (χ3v) is 5.23. The lowest BCUT2D eigenvalue weighted by Gasteiger charge is -2.35. The number of nitrogens with zero attached hydrogens (tertiary/aromatic N) is 2. The fraction of sp³-hybridized carbons (Fsp3) is 0.632. The summed E-state index contributed by atoms with van der Waals surface area (Å²) in [6.07, 6.45) is 5.99. The van der Waals surface area contributed by atoms with E-state index in [0.29, 0.717) is 0 Å². The monoisotopic (exact) mass is 492 g/mol. The summed E-state index contributed by atoms with van der Waals surface area (Å²) in [6, 6.07) is 8.66. The molecule has 5 nitrogen and oxygen atoms in total. The van der Waals surface area contributed by atoms with Gasteiger partial charge in [-0.2, -0.15) is 11.8 Å². The topological polar surface area (TPSA) is 48.9 Å². The van der Waals surface area contributed by atoms with Gasteiger partial charge in [0.15, 0.2) is 5.96 Å². The summed E-state index contributed by atoms with van der Waals surface area (Å²) in [5, 5.41) is 6.88. The minimum atomic E-state index is 0. The van der Waals surface area contributed by atoms with Crippen molar-refractivity contribution in [2.24, 2.45) is 4.99 Å². The highest BCUT2D eigenvalue weighted by Gasteiger charge is 2.24. The largest absolute Gasteiger partial charge is 0.496 e. The summed E-state index contributed by atoms with van der Waals surface area (Å²) in [5.41, 5.74) is 1.25. The number of likely N-dealkylation sites (tertiary alicyclic amines) is 1. The Balaban J connectivity index is 0.00000338. The van der Waals surface area contributed by atoms with Gasteiger partial charge in [-0.3, -0.25) is 9.89 Å². The number of benzene rings is 1. The van der Waals surface area contributed by atoms with Crippen molar-refractivity contribution in [3.63, 3.8) is 0 Å². The van der Waals surface area contributed by atoms with E-state index in [-0.39, 0.29) is 30.0 Å². The molecule has 1 atom stereocenters. The van der Waals surface area contributed by atoms with Gasteiger partial charge in [0.25, 0.3) is 0 Å². The number of methoxy groups -OCH3 is 1. The molecule has 1 aliphatic heterocycles. The maximum atomic E-state index is 5.63. The number of aliphatic imine (C=N–C) groups is 1. The van der Waals surface area contributed by atoms with E-state index >= 15 is 0 Å². The molecule has 0 radical (unpaired) electrons. The number of hydrogen-bond acceptors (Lipinski definition) is 4. The van der Waals surface area contributed by atoms with Crippen LogP contribution in [0.2, 0.25) is 0 Å². The van der Waals surface area contributed by atoms with E-state index in [2.05, 4.69) is 45.0 Å². The SMILES string of the molecule is CN=C(NCCSC)NCC(c1ccccc1OC)N1CCCCC1.I. The summed E-state index contributed by atoms with van der Waals surface area (Å²) in [6.45, 7) is 4.02. The average molecular weight is 492 g/mol. The van der Waals surface area contributed by atoms with Gasteiger partial charge in [0.2, 0.25) is 0 Å². The summed E-state index contributed by atoms with van der Waals surface area (Å²) in [5.74, 6) is 2.90. The van der Waals surface area contributed by atoms with E-state index in [1.54, 1.807) is 7.11 Å². The maximum absolute atomic E-state index is 5.63. The summed E-state index contributed by atoms with van der Waals surface area (Å²) in [7, 11) is 3.58. The number of rotatable bonds is 8. The van der Waals surface area contributed by atoms with Gasteiger partial charge in [0.1, 0.15) is 5.75 Å². The zero-order chi connectivity index (χ0) is 17.9. The number of ether oxygens (including phenoxy) is 1. The summed E-state index contributed by atoms with van der Waals surface area (Å²) >= 11 is 1.83. The second kappa shape index (κ2) is 13.5. The summed E-state index contributed by atoms with van der Waals surface area (Å²) in [4.78, 5) is 6.92. The minimum absolute atomic E-state index is 0. The molecular formula is C19H33IN4OS. The van der Waals surface area contributed by atoms with Crippen molar-refractivity contribution in [2.75, 3.05) is 52.3 Å². The van der Waals surface area contributed by atoms with E-state index in [0.717, 1.165) is 43.6 Å². The molecule has 0 spiro atoms. The lowest BCUT2D eigenvalue weighted by atomic mass is 10.0. The van der Waals surface area contributed by atoms with Crippen LogP contribution < -0.4 is 15.4 Å². The number of para-hydroxylation sites is 1. The van der Waals surface area contributed by atoms with Crippen LogP contribution in [-0.2, 0) is 0 Å². The molecule has 1 heterocycles. The molecular weight excluding hydrogens is 459 g/mol. The van der Waals surface area contributed by atoms with Crippen molar-refractivity contribution in [2.45, 2.75) is 25.3 Å². The summed E-state index contributed by atoms with van der Waals surface area (Å²) < 4.78 is 5.63. The van der Waals surface area contributed by atoms with Gasteiger partial charge < -0.3 is 15.4 Å². The zero-order valence-electron chi connectivity index (χ0n) is 16.2. The number of nitrogens with one attached hydrogen (secondary N) is 2. The predicted molar refractivity (Wildman–Crippen MR) is 124 cm³/mol. The van der Waals surface area contributed by atoms with Crippen LogP contribution in [0.3, 0.4) is 0 Å². The number of hydrogen-bond donors (Lipinski definition) is 2. The van der Waals surface area contributed by atoms with Gasteiger partial charge >= 0.3 is 0 Å². The molecule has 0 aliphatic carbocycles.